The number of hydrogen-bond donors (Lipinski definition) is 2. The third-order valence-corrected chi connectivity index (χ3v) is 1.17. The zero-order chi connectivity index (χ0) is 9.52. The predicted octanol–water partition coefficient (Wildman–Crippen LogP) is 1.39. The molecule has 0 aliphatic carbocycles. The molecule has 68 valence electrons. The van der Waals surface area contributed by atoms with Gasteiger partial charge in [-0.2, -0.15) is 5.10 Å². The highest BCUT2D eigenvalue weighted by Crippen LogP contribution is 1.97. The highest BCUT2D eigenvalue weighted by atomic mass is 16.4. The molecular weight excluding hydrogens is 172 g/mol. The van der Waals surface area contributed by atoms with Crippen molar-refractivity contribution in [2.75, 3.05) is 0 Å². The number of carboxylic acid groups (broad SMARTS) is 1. The van der Waals surface area contributed by atoms with Gasteiger partial charge in [0.15, 0.2) is 0 Å². The number of aromatic amines is 1. The monoisotopic (exact) mass is 180 g/mol. The Balaban J connectivity index is 0.000000145. The molecule has 0 radical (unpaired) electrons. The first-order valence-electron chi connectivity index (χ1n) is 3.50. The molecule has 2 rings (SSSR count). The van der Waals surface area contributed by atoms with Crippen LogP contribution in [0.25, 0.3) is 0 Å². The number of nitrogens with zero attached hydrogens (tertiary/aromatic N) is 1. The van der Waals surface area contributed by atoms with E-state index in [0.29, 0.717) is 0 Å². The van der Waals surface area contributed by atoms with E-state index in [2.05, 4.69) is 14.6 Å². The summed E-state index contributed by atoms with van der Waals surface area (Å²) in [7, 11) is 0. The van der Waals surface area contributed by atoms with Crippen LogP contribution in [0.1, 0.15) is 10.4 Å². The average molecular weight is 180 g/mol. The fourth-order valence-corrected chi connectivity index (χ4v) is 0.601. The molecule has 0 bridgehead atoms. The second-order valence-electron chi connectivity index (χ2n) is 2.08. The Kier molecular flexibility index (Phi) is 3.31. The summed E-state index contributed by atoms with van der Waals surface area (Å²) in [5.74, 6) is -0.959. The first-order valence-corrected chi connectivity index (χ1v) is 3.50. The van der Waals surface area contributed by atoms with Crippen LogP contribution in [0, 0.1) is 0 Å². The van der Waals surface area contributed by atoms with Gasteiger partial charge in [-0.3, -0.25) is 5.10 Å². The topological polar surface area (TPSA) is 79.1 Å². The van der Waals surface area contributed by atoms with Crippen LogP contribution < -0.4 is 0 Å². The molecule has 5 heteroatoms. The van der Waals surface area contributed by atoms with E-state index >= 15 is 0 Å². The van der Waals surface area contributed by atoms with E-state index in [-0.39, 0.29) is 5.56 Å². The molecule has 13 heavy (non-hydrogen) atoms. The summed E-state index contributed by atoms with van der Waals surface area (Å²) in [6.45, 7) is 0. The van der Waals surface area contributed by atoms with E-state index in [0.717, 1.165) is 0 Å². The van der Waals surface area contributed by atoms with E-state index < -0.39 is 5.97 Å². The number of hydrogen-bond acceptors (Lipinski definition) is 3. The molecule has 2 N–H and O–H groups in total. The Hall–Kier alpha value is -2.04. The molecule has 0 saturated heterocycles. The van der Waals surface area contributed by atoms with Crippen LogP contribution in [0.2, 0.25) is 0 Å². The Morgan fingerprint density at radius 3 is 2.69 bits per heavy atom. The molecule has 2 aromatic heterocycles. The molecule has 2 aromatic rings. The average Bonchev–Trinajstić information content (AvgIpc) is 2.82. The van der Waals surface area contributed by atoms with Crippen molar-refractivity contribution in [3.05, 3.63) is 42.6 Å². The van der Waals surface area contributed by atoms with Gasteiger partial charge in [0.2, 0.25) is 0 Å². The quantitative estimate of drug-likeness (QED) is 0.694. The van der Waals surface area contributed by atoms with Gasteiger partial charge in [-0.15, -0.1) is 0 Å². The maximum absolute atomic E-state index is 10.0. The standard InChI is InChI=1S/C5H4O3.C3H4N2/c6-5(7)4-1-2-8-3-4;1-2-4-5-3-1/h1-3H,(H,6,7);1-3H,(H,4,5). The fraction of sp³-hybridized carbons (Fsp3) is 0. The van der Waals surface area contributed by atoms with Gasteiger partial charge in [0.25, 0.3) is 0 Å². The first kappa shape index (κ1) is 9.05. The third-order valence-electron chi connectivity index (χ3n) is 1.17. The summed E-state index contributed by atoms with van der Waals surface area (Å²) in [6.07, 6.45) is 5.96. The van der Waals surface area contributed by atoms with Gasteiger partial charge in [-0.05, 0) is 12.1 Å². The van der Waals surface area contributed by atoms with E-state index in [1.54, 1.807) is 12.4 Å². The fourth-order valence-electron chi connectivity index (χ4n) is 0.601. The van der Waals surface area contributed by atoms with Crippen molar-refractivity contribution < 1.29 is 14.3 Å². The molecule has 0 unspecified atom stereocenters. The molecule has 2 heterocycles. The van der Waals surface area contributed by atoms with Crippen molar-refractivity contribution >= 4 is 5.97 Å². The van der Waals surface area contributed by atoms with Crippen LogP contribution >= 0.6 is 0 Å². The maximum atomic E-state index is 10.0. The summed E-state index contributed by atoms with van der Waals surface area (Å²) in [5, 5.41) is 14.4. The second-order valence-corrected chi connectivity index (χ2v) is 2.08. The molecule has 0 aromatic carbocycles. The highest BCUT2D eigenvalue weighted by Gasteiger charge is 2.00. The molecule has 0 fully saturated rings. The lowest BCUT2D eigenvalue weighted by Gasteiger charge is -1.77. The zero-order valence-corrected chi connectivity index (χ0v) is 6.68. The summed E-state index contributed by atoms with van der Waals surface area (Å²) in [4.78, 5) is 10.0. The SMILES string of the molecule is O=C(O)c1ccoc1.c1cn[nH]c1. The molecule has 5 nitrogen and oxygen atoms in total. The second kappa shape index (κ2) is 4.76. The molecule has 0 aliphatic heterocycles. The van der Waals surface area contributed by atoms with Crippen LogP contribution in [0.15, 0.2) is 41.5 Å². The van der Waals surface area contributed by atoms with Gasteiger partial charge < -0.3 is 9.52 Å². The Bertz CT molecular complexity index is 309. The molecule has 0 amide bonds. The predicted molar refractivity (Wildman–Crippen MR) is 44.3 cm³/mol. The number of aromatic nitrogens is 2. The van der Waals surface area contributed by atoms with Crippen LogP contribution in [-0.4, -0.2) is 21.3 Å². The maximum Gasteiger partial charge on any atom is 0.338 e. The number of rotatable bonds is 1. The Morgan fingerprint density at radius 1 is 1.62 bits per heavy atom. The van der Waals surface area contributed by atoms with Crippen molar-refractivity contribution in [2.24, 2.45) is 0 Å². The zero-order valence-electron chi connectivity index (χ0n) is 6.68. The lowest BCUT2D eigenvalue weighted by Crippen LogP contribution is -1.90. The smallest absolute Gasteiger partial charge is 0.338 e. The molecule has 0 saturated carbocycles. The van der Waals surface area contributed by atoms with Gasteiger partial charge in [-0.1, -0.05) is 0 Å². The number of nitrogens with one attached hydrogen (secondary N) is 1. The highest BCUT2D eigenvalue weighted by molar-refractivity contribution is 5.86. The van der Waals surface area contributed by atoms with Gasteiger partial charge in [0.1, 0.15) is 6.26 Å². The minimum absolute atomic E-state index is 0.185. The first-order chi connectivity index (χ1) is 6.30. The van der Waals surface area contributed by atoms with Crippen LogP contribution in [-0.2, 0) is 0 Å². The summed E-state index contributed by atoms with van der Waals surface area (Å²) in [5.41, 5.74) is 0.185. The minimum Gasteiger partial charge on any atom is -0.478 e. The van der Waals surface area contributed by atoms with Crippen LogP contribution in [0.4, 0.5) is 0 Å². The van der Waals surface area contributed by atoms with E-state index in [9.17, 15) is 4.79 Å². The van der Waals surface area contributed by atoms with Crippen molar-refractivity contribution in [3.8, 4) is 0 Å². The largest absolute Gasteiger partial charge is 0.478 e. The lowest BCUT2D eigenvalue weighted by atomic mass is 10.4. The van der Waals surface area contributed by atoms with Crippen molar-refractivity contribution in [3.63, 3.8) is 0 Å². The number of aromatic carboxylic acids is 1. The van der Waals surface area contributed by atoms with E-state index in [1.165, 1.54) is 18.6 Å². The lowest BCUT2D eigenvalue weighted by molar-refractivity contribution is 0.0696. The molecular formula is C8H8N2O3. The van der Waals surface area contributed by atoms with Gasteiger partial charge in [0.05, 0.1) is 11.8 Å². The molecule has 0 atom stereocenters. The minimum atomic E-state index is -0.959. The number of H-pyrrole nitrogens is 1. The van der Waals surface area contributed by atoms with Crippen LogP contribution in [0.3, 0.4) is 0 Å². The van der Waals surface area contributed by atoms with Crippen molar-refractivity contribution in [1.82, 2.24) is 10.2 Å². The van der Waals surface area contributed by atoms with Gasteiger partial charge in [0, 0.05) is 12.4 Å². The Labute approximate surface area is 74.0 Å². The number of carbonyl (C=O) groups is 1. The van der Waals surface area contributed by atoms with Crippen molar-refractivity contribution in [1.29, 1.82) is 0 Å². The Morgan fingerprint density at radius 2 is 2.46 bits per heavy atom. The summed E-state index contributed by atoms with van der Waals surface area (Å²) >= 11 is 0. The van der Waals surface area contributed by atoms with E-state index in [1.807, 2.05) is 6.07 Å². The number of furan rings is 1. The van der Waals surface area contributed by atoms with Gasteiger partial charge in [-0.25, -0.2) is 4.79 Å². The summed E-state index contributed by atoms with van der Waals surface area (Å²) < 4.78 is 4.49. The van der Waals surface area contributed by atoms with Crippen LogP contribution in [0.5, 0.6) is 0 Å². The van der Waals surface area contributed by atoms with E-state index in [4.69, 9.17) is 5.11 Å². The normalized spacial score (nSPS) is 8.62. The molecule has 0 spiro atoms. The summed E-state index contributed by atoms with van der Waals surface area (Å²) in [6, 6.07) is 3.22. The molecule has 0 aliphatic rings. The van der Waals surface area contributed by atoms with Gasteiger partial charge >= 0.3 is 5.97 Å². The third kappa shape index (κ3) is 3.24. The van der Waals surface area contributed by atoms with Crippen molar-refractivity contribution in [2.45, 2.75) is 0 Å². The number of carboxylic acids is 1.